The quantitative estimate of drug-likeness (QED) is 0.637. The average Bonchev–Trinajstić information content (AvgIpc) is 2.68. The zero-order chi connectivity index (χ0) is 20.7. The second-order valence-electron chi connectivity index (χ2n) is 6.66. The number of benzene rings is 1. The van der Waals surface area contributed by atoms with Crippen molar-refractivity contribution in [2.45, 2.75) is 38.6 Å². The summed E-state index contributed by atoms with van der Waals surface area (Å²) in [4.78, 5) is 36.1. The molecule has 28 heavy (non-hydrogen) atoms. The van der Waals surface area contributed by atoms with E-state index in [-0.39, 0.29) is 11.6 Å². The molecule has 1 saturated carbocycles. The van der Waals surface area contributed by atoms with E-state index in [4.69, 9.17) is 14.2 Å². The van der Waals surface area contributed by atoms with E-state index in [1.54, 1.807) is 0 Å². The maximum atomic E-state index is 12.2. The van der Waals surface area contributed by atoms with Crippen molar-refractivity contribution in [3.8, 4) is 11.5 Å². The molecule has 0 radical (unpaired) electrons. The van der Waals surface area contributed by atoms with Crippen molar-refractivity contribution in [3.05, 3.63) is 22.2 Å². The van der Waals surface area contributed by atoms with E-state index < -0.39 is 24.5 Å². The van der Waals surface area contributed by atoms with Crippen LogP contribution in [0.3, 0.4) is 0 Å². The zero-order valence-corrected chi connectivity index (χ0v) is 17.8. The minimum absolute atomic E-state index is 0.0480. The number of carbonyl (C=O) groups is 3. The Kier molecular flexibility index (Phi) is 8.10. The molecule has 0 heterocycles. The molecule has 2 N–H and O–H groups in total. The Labute approximate surface area is 172 Å². The first-order valence-corrected chi connectivity index (χ1v) is 9.84. The molecular weight excluding hydrogens is 432 g/mol. The summed E-state index contributed by atoms with van der Waals surface area (Å²) >= 11 is 3.31. The number of nitrogens with one attached hydrogen (secondary N) is 2. The molecule has 1 aromatic carbocycles. The molecule has 1 aliphatic carbocycles. The highest BCUT2D eigenvalue weighted by Gasteiger charge is 2.23. The number of carbonyl (C=O) groups excluding carboxylic acids is 3. The lowest BCUT2D eigenvalue weighted by Gasteiger charge is -2.29. The first kappa shape index (κ1) is 22.0. The number of hydrogen-bond acceptors (Lipinski definition) is 6. The van der Waals surface area contributed by atoms with Crippen LogP contribution in [-0.2, 0) is 9.53 Å². The van der Waals surface area contributed by atoms with Crippen molar-refractivity contribution in [2.24, 2.45) is 5.92 Å². The normalized spacial score (nSPS) is 18.7. The van der Waals surface area contributed by atoms with Crippen molar-refractivity contribution in [1.29, 1.82) is 0 Å². The molecule has 0 saturated heterocycles. The van der Waals surface area contributed by atoms with Gasteiger partial charge < -0.3 is 19.5 Å². The van der Waals surface area contributed by atoms with Crippen molar-refractivity contribution in [1.82, 2.24) is 10.6 Å². The highest BCUT2D eigenvalue weighted by molar-refractivity contribution is 9.10. The van der Waals surface area contributed by atoms with Gasteiger partial charge in [-0.05, 0) is 46.8 Å². The van der Waals surface area contributed by atoms with Crippen LogP contribution in [0.1, 0.15) is 43.0 Å². The first-order chi connectivity index (χ1) is 13.3. The Morgan fingerprint density at radius 1 is 1.11 bits per heavy atom. The van der Waals surface area contributed by atoms with Crippen LogP contribution in [0.4, 0.5) is 4.79 Å². The molecule has 0 aliphatic heterocycles. The number of ether oxygens (including phenoxy) is 3. The molecule has 2 rings (SSSR count). The van der Waals surface area contributed by atoms with E-state index in [1.165, 1.54) is 26.4 Å². The molecule has 1 aromatic rings. The van der Waals surface area contributed by atoms with E-state index in [2.05, 4.69) is 33.5 Å². The largest absolute Gasteiger partial charge is 0.495 e. The van der Waals surface area contributed by atoms with Crippen LogP contribution in [-0.4, -0.2) is 44.8 Å². The van der Waals surface area contributed by atoms with Crippen molar-refractivity contribution < 1.29 is 28.6 Å². The monoisotopic (exact) mass is 456 g/mol. The Morgan fingerprint density at radius 3 is 2.29 bits per heavy atom. The number of hydrogen-bond donors (Lipinski definition) is 2. The van der Waals surface area contributed by atoms with Gasteiger partial charge in [0.15, 0.2) is 6.61 Å². The number of esters is 1. The summed E-state index contributed by atoms with van der Waals surface area (Å²) in [5, 5.41) is 4.99. The molecule has 0 aromatic heterocycles. The number of amides is 3. The maximum absolute atomic E-state index is 12.2. The topological polar surface area (TPSA) is 103 Å². The van der Waals surface area contributed by atoms with Crippen LogP contribution in [0.2, 0.25) is 0 Å². The van der Waals surface area contributed by atoms with Crippen LogP contribution in [0.15, 0.2) is 16.6 Å². The summed E-state index contributed by atoms with van der Waals surface area (Å²) in [7, 11) is 2.90. The van der Waals surface area contributed by atoms with Gasteiger partial charge in [0.2, 0.25) is 0 Å². The Hall–Kier alpha value is -2.29. The van der Waals surface area contributed by atoms with Gasteiger partial charge in [0.1, 0.15) is 16.0 Å². The Balaban J connectivity index is 1.86. The third-order valence-electron chi connectivity index (χ3n) is 4.70. The van der Waals surface area contributed by atoms with Gasteiger partial charge in [-0.25, -0.2) is 9.59 Å². The fourth-order valence-electron chi connectivity index (χ4n) is 3.10. The van der Waals surface area contributed by atoms with E-state index in [0.29, 0.717) is 21.9 Å². The molecule has 0 spiro atoms. The summed E-state index contributed by atoms with van der Waals surface area (Å²) in [6.45, 7) is 1.50. The van der Waals surface area contributed by atoms with E-state index in [0.717, 1.165) is 25.7 Å². The van der Waals surface area contributed by atoms with Gasteiger partial charge in [-0.15, -0.1) is 0 Å². The van der Waals surface area contributed by atoms with E-state index >= 15 is 0 Å². The minimum atomic E-state index is -0.736. The predicted octanol–water partition coefficient (Wildman–Crippen LogP) is 3.03. The molecule has 0 bridgehead atoms. The second kappa shape index (κ2) is 10.3. The predicted molar refractivity (Wildman–Crippen MR) is 106 cm³/mol. The second-order valence-corrected chi connectivity index (χ2v) is 7.45. The first-order valence-electron chi connectivity index (χ1n) is 9.04. The van der Waals surface area contributed by atoms with Gasteiger partial charge in [-0.2, -0.15) is 0 Å². The lowest BCUT2D eigenvalue weighted by atomic mass is 9.86. The number of methoxy groups -OCH3 is 2. The number of halogens is 1. The SMILES string of the molecule is COc1cc(C(=O)OCC(=O)NC(=O)NC2CCCCC2C)cc(OC)c1Br. The smallest absolute Gasteiger partial charge is 0.338 e. The average molecular weight is 457 g/mol. The molecule has 2 atom stereocenters. The van der Waals surface area contributed by atoms with Crippen molar-refractivity contribution in [2.75, 3.05) is 20.8 Å². The summed E-state index contributed by atoms with van der Waals surface area (Å²) in [6.07, 6.45) is 4.16. The third-order valence-corrected chi connectivity index (χ3v) is 5.48. The van der Waals surface area contributed by atoms with Gasteiger partial charge in [0, 0.05) is 6.04 Å². The van der Waals surface area contributed by atoms with E-state index in [1.807, 2.05) is 0 Å². The molecule has 2 unspecified atom stereocenters. The van der Waals surface area contributed by atoms with Gasteiger partial charge >= 0.3 is 12.0 Å². The fourth-order valence-corrected chi connectivity index (χ4v) is 3.65. The molecule has 9 heteroatoms. The fraction of sp³-hybridized carbons (Fsp3) is 0.526. The Morgan fingerprint density at radius 2 is 1.71 bits per heavy atom. The lowest BCUT2D eigenvalue weighted by Crippen LogP contribution is -2.48. The summed E-state index contributed by atoms with van der Waals surface area (Å²) in [5.41, 5.74) is 0.158. The maximum Gasteiger partial charge on any atom is 0.338 e. The molecule has 1 aliphatic rings. The third kappa shape index (κ3) is 5.85. The highest BCUT2D eigenvalue weighted by atomic mass is 79.9. The molecule has 8 nitrogen and oxygen atoms in total. The van der Waals surface area contributed by atoms with Gasteiger partial charge in [-0.1, -0.05) is 19.8 Å². The lowest BCUT2D eigenvalue weighted by molar-refractivity contribution is -0.123. The van der Waals surface area contributed by atoms with Gasteiger partial charge in [-0.3, -0.25) is 10.1 Å². The van der Waals surface area contributed by atoms with Crippen LogP contribution in [0.5, 0.6) is 11.5 Å². The molecule has 154 valence electrons. The van der Waals surface area contributed by atoms with Crippen LogP contribution in [0, 0.1) is 5.92 Å². The minimum Gasteiger partial charge on any atom is -0.495 e. The number of urea groups is 1. The Bertz CT molecular complexity index is 714. The number of imide groups is 1. The van der Waals surface area contributed by atoms with Crippen molar-refractivity contribution >= 4 is 33.8 Å². The molecular formula is C19H25BrN2O6. The number of rotatable bonds is 6. The van der Waals surface area contributed by atoms with Crippen LogP contribution in [0.25, 0.3) is 0 Å². The van der Waals surface area contributed by atoms with Crippen LogP contribution >= 0.6 is 15.9 Å². The van der Waals surface area contributed by atoms with Crippen LogP contribution < -0.4 is 20.1 Å². The van der Waals surface area contributed by atoms with Crippen molar-refractivity contribution in [3.63, 3.8) is 0 Å². The summed E-state index contributed by atoms with van der Waals surface area (Å²) < 4.78 is 15.9. The highest BCUT2D eigenvalue weighted by Crippen LogP contribution is 2.35. The van der Waals surface area contributed by atoms with Gasteiger partial charge in [0.05, 0.1) is 19.8 Å². The standard InChI is InChI=1S/C19H25BrN2O6/c1-11-6-4-5-7-13(11)21-19(25)22-16(23)10-28-18(24)12-8-14(26-2)17(20)15(9-12)27-3/h8-9,11,13H,4-7,10H2,1-3H3,(H2,21,22,23,25). The van der Waals surface area contributed by atoms with Gasteiger partial charge in [0.25, 0.3) is 5.91 Å². The zero-order valence-electron chi connectivity index (χ0n) is 16.2. The summed E-state index contributed by atoms with van der Waals surface area (Å²) in [5.74, 6) is -0.297. The molecule has 3 amide bonds. The molecule has 1 fully saturated rings. The summed E-state index contributed by atoms with van der Waals surface area (Å²) in [6, 6.07) is 2.40. The van der Waals surface area contributed by atoms with E-state index in [9.17, 15) is 14.4 Å².